The molecule has 0 bridgehead atoms. The Hall–Kier alpha value is -6.10. The molecule has 0 atom stereocenters. The maximum Gasteiger partial charge on any atom is 0.0992 e. The molecular formula is C38H22N4. The van der Waals surface area contributed by atoms with Crippen LogP contribution in [0.3, 0.4) is 0 Å². The Kier molecular flexibility index (Phi) is 5.22. The highest BCUT2D eigenvalue weighted by atomic mass is 15.0. The highest BCUT2D eigenvalue weighted by molar-refractivity contribution is 6.29. The predicted molar refractivity (Wildman–Crippen MR) is 170 cm³/mol. The zero-order valence-corrected chi connectivity index (χ0v) is 22.5. The molecule has 4 heteroatoms. The van der Waals surface area contributed by atoms with Gasteiger partial charge in [-0.2, -0.15) is 10.5 Å². The van der Waals surface area contributed by atoms with Crippen LogP contribution in [-0.4, -0.2) is 9.13 Å². The van der Waals surface area contributed by atoms with E-state index in [-0.39, 0.29) is 0 Å². The molecule has 0 aliphatic rings. The van der Waals surface area contributed by atoms with Gasteiger partial charge < -0.3 is 9.13 Å². The Labute approximate surface area is 242 Å². The van der Waals surface area contributed by atoms with E-state index in [4.69, 9.17) is 0 Å². The smallest absolute Gasteiger partial charge is 0.0992 e. The molecule has 2 heterocycles. The molecule has 0 aliphatic carbocycles. The summed E-state index contributed by atoms with van der Waals surface area (Å²) in [6.07, 6.45) is 0. The van der Waals surface area contributed by atoms with Gasteiger partial charge >= 0.3 is 0 Å². The highest BCUT2D eigenvalue weighted by Gasteiger charge is 2.24. The summed E-state index contributed by atoms with van der Waals surface area (Å²) in [6, 6.07) is 50.1. The predicted octanol–water partition coefficient (Wildman–Crippen LogP) is 9.29. The van der Waals surface area contributed by atoms with Gasteiger partial charge in [-0.1, -0.05) is 72.8 Å². The van der Waals surface area contributed by atoms with Gasteiger partial charge in [-0.05, 0) is 66.2 Å². The Morgan fingerprint density at radius 3 is 1.55 bits per heavy atom. The molecule has 42 heavy (non-hydrogen) atoms. The van der Waals surface area contributed by atoms with Gasteiger partial charge in [0, 0.05) is 38.5 Å². The molecule has 0 amide bonds. The number of hydrogen-bond acceptors (Lipinski definition) is 2. The van der Waals surface area contributed by atoms with Crippen molar-refractivity contribution in [1.82, 2.24) is 9.13 Å². The number of nitrogens with zero attached hydrogens (tertiary/aromatic N) is 4. The summed E-state index contributed by atoms with van der Waals surface area (Å²) in [7, 11) is 0. The second kappa shape index (κ2) is 9.24. The highest BCUT2D eigenvalue weighted by Crippen LogP contribution is 2.46. The van der Waals surface area contributed by atoms with Gasteiger partial charge in [-0.3, -0.25) is 0 Å². The molecule has 194 valence electrons. The fourth-order valence-corrected chi connectivity index (χ4v) is 6.43. The van der Waals surface area contributed by atoms with Crippen LogP contribution in [0.2, 0.25) is 0 Å². The van der Waals surface area contributed by atoms with E-state index in [1.807, 2.05) is 24.3 Å². The van der Waals surface area contributed by atoms with Crippen molar-refractivity contribution in [2.45, 2.75) is 0 Å². The third kappa shape index (κ3) is 3.40. The summed E-state index contributed by atoms with van der Waals surface area (Å²) >= 11 is 0. The zero-order chi connectivity index (χ0) is 28.2. The second-order valence-corrected chi connectivity index (χ2v) is 10.4. The largest absolute Gasteiger partial charge is 0.309 e. The summed E-state index contributed by atoms with van der Waals surface area (Å²) in [5, 5.41) is 24.3. The van der Waals surface area contributed by atoms with Gasteiger partial charge in [0.1, 0.15) is 0 Å². The van der Waals surface area contributed by atoms with Crippen molar-refractivity contribution < 1.29 is 0 Å². The normalized spacial score (nSPS) is 11.3. The average molecular weight is 535 g/mol. The third-order valence-corrected chi connectivity index (χ3v) is 8.10. The van der Waals surface area contributed by atoms with Gasteiger partial charge in [0.25, 0.3) is 0 Å². The van der Waals surface area contributed by atoms with Crippen LogP contribution in [0.15, 0.2) is 133 Å². The van der Waals surface area contributed by atoms with Crippen LogP contribution in [0.4, 0.5) is 0 Å². The molecule has 4 nitrogen and oxygen atoms in total. The molecule has 0 aliphatic heterocycles. The van der Waals surface area contributed by atoms with E-state index in [1.54, 1.807) is 6.07 Å². The lowest BCUT2D eigenvalue weighted by Crippen LogP contribution is -1.97. The molecule has 0 unspecified atom stereocenters. The lowest BCUT2D eigenvalue weighted by Gasteiger charge is -2.14. The Morgan fingerprint density at radius 1 is 0.452 bits per heavy atom. The molecule has 2 aromatic heterocycles. The number of hydrogen-bond donors (Lipinski definition) is 0. The minimum atomic E-state index is 0.464. The van der Waals surface area contributed by atoms with E-state index >= 15 is 0 Å². The number of para-hydroxylation sites is 4. The van der Waals surface area contributed by atoms with E-state index in [2.05, 4.69) is 124 Å². The first-order valence-electron chi connectivity index (χ1n) is 13.8. The molecule has 6 aromatic carbocycles. The lowest BCUT2D eigenvalue weighted by molar-refractivity contribution is 1.17. The molecule has 0 spiro atoms. The first-order chi connectivity index (χ1) is 20.8. The summed E-state index contributed by atoms with van der Waals surface area (Å²) in [5.74, 6) is 0. The van der Waals surface area contributed by atoms with Crippen molar-refractivity contribution in [1.29, 1.82) is 10.5 Å². The van der Waals surface area contributed by atoms with Gasteiger partial charge in [-0.15, -0.1) is 0 Å². The fraction of sp³-hybridized carbons (Fsp3) is 0. The number of rotatable bonds is 3. The minimum absolute atomic E-state index is 0.464. The molecule has 8 aromatic rings. The van der Waals surface area contributed by atoms with E-state index < -0.39 is 0 Å². The quantitative estimate of drug-likeness (QED) is 0.227. The summed E-state index contributed by atoms with van der Waals surface area (Å²) in [6.45, 7) is 0. The molecule has 0 saturated carbocycles. The van der Waals surface area contributed by atoms with Crippen LogP contribution in [-0.2, 0) is 0 Å². The van der Waals surface area contributed by atoms with Crippen LogP contribution in [0.25, 0.3) is 66.1 Å². The first-order valence-corrected chi connectivity index (χ1v) is 13.8. The van der Waals surface area contributed by atoms with Gasteiger partial charge in [0.2, 0.25) is 0 Å². The monoisotopic (exact) mass is 534 g/mol. The van der Waals surface area contributed by atoms with Crippen molar-refractivity contribution >= 4 is 43.6 Å². The van der Waals surface area contributed by atoms with E-state index in [0.717, 1.165) is 66.1 Å². The molecule has 0 fully saturated rings. The van der Waals surface area contributed by atoms with E-state index in [0.29, 0.717) is 11.1 Å². The number of aromatic nitrogens is 2. The Balaban J connectivity index is 1.69. The van der Waals surface area contributed by atoms with Crippen molar-refractivity contribution in [3.8, 4) is 34.6 Å². The second-order valence-electron chi connectivity index (χ2n) is 10.4. The minimum Gasteiger partial charge on any atom is -0.309 e. The lowest BCUT2D eigenvalue weighted by atomic mass is 9.95. The maximum atomic E-state index is 9.86. The van der Waals surface area contributed by atoms with E-state index in [1.165, 1.54) is 0 Å². The van der Waals surface area contributed by atoms with Crippen LogP contribution < -0.4 is 0 Å². The van der Waals surface area contributed by atoms with Crippen molar-refractivity contribution in [3.05, 3.63) is 145 Å². The molecular weight excluding hydrogens is 512 g/mol. The standard InChI is InChI=1S/C38H22N4/c39-23-25-19-26(24-40)21-27(20-25)32-22-33-30-15-7-9-17-34(30)41(28-11-3-1-4-12-28)38(33)36-31-16-8-10-18-35(31)42(37(32)36)29-13-5-2-6-14-29/h1-22H. The van der Waals surface area contributed by atoms with Gasteiger partial charge in [-0.25, -0.2) is 0 Å². The summed E-state index contributed by atoms with van der Waals surface area (Å²) in [5.41, 5.74) is 9.26. The van der Waals surface area contributed by atoms with Crippen LogP contribution in [0.1, 0.15) is 11.1 Å². The SMILES string of the molecule is N#Cc1cc(C#N)cc(-c2cc3c4ccccc4n(-c4ccccc4)c3c3c4ccccc4n(-c4ccccc4)c23)c1. The Morgan fingerprint density at radius 2 is 0.952 bits per heavy atom. The first kappa shape index (κ1) is 23.8. The Bertz CT molecular complexity index is 2380. The van der Waals surface area contributed by atoms with Gasteiger partial charge in [0.05, 0.1) is 45.3 Å². The van der Waals surface area contributed by atoms with Crippen LogP contribution in [0, 0.1) is 22.7 Å². The summed E-state index contributed by atoms with van der Waals surface area (Å²) < 4.78 is 4.68. The zero-order valence-electron chi connectivity index (χ0n) is 22.5. The third-order valence-electron chi connectivity index (χ3n) is 8.10. The summed E-state index contributed by atoms with van der Waals surface area (Å²) in [4.78, 5) is 0. The molecule has 0 N–H and O–H groups in total. The average Bonchev–Trinajstić information content (AvgIpc) is 3.58. The molecule has 0 saturated heterocycles. The topological polar surface area (TPSA) is 57.4 Å². The van der Waals surface area contributed by atoms with Crippen LogP contribution in [0.5, 0.6) is 0 Å². The van der Waals surface area contributed by atoms with Gasteiger partial charge in [0.15, 0.2) is 0 Å². The van der Waals surface area contributed by atoms with E-state index in [9.17, 15) is 10.5 Å². The number of benzene rings is 6. The number of fused-ring (bicyclic) bond motifs is 7. The molecule has 8 rings (SSSR count). The maximum absolute atomic E-state index is 9.86. The van der Waals surface area contributed by atoms with Crippen LogP contribution >= 0.6 is 0 Å². The fourth-order valence-electron chi connectivity index (χ4n) is 6.43. The number of nitriles is 2. The van der Waals surface area contributed by atoms with Crippen molar-refractivity contribution in [2.24, 2.45) is 0 Å². The van der Waals surface area contributed by atoms with Crippen molar-refractivity contribution in [2.75, 3.05) is 0 Å². The van der Waals surface area contributed by atoms with Crippen molar-refractivity contribution in [3.63, 3.8) is 0 Å². The molecule has 0 radical (unpaired) electrons.